The molecule has 0 aromatic carbocycles. The van der Waals surface area contributed by atoms with Crippen molar-refractivity contribution in [2.24, 2.45) is 5.92 Å². The molecular formula is C15H26N2O4. The SMILES string of the molecule is CCC(NC(=O)N1CCOCC1C(=O)O)C1CCCCC1. The van der Waals surface area contributed by atoms with E-state index in [-0.39, 0.29) is 18.7 Å². The van der Waals surface area contributed by atoms with E-state index < -0.39 is 12.0 Å². The van der Waals surface area contributed by atoms with E-state index in [0.29, 0.717) is 19.1 Å². The average molecular weight is 298 g/mol. The van der Waals surface area contributed by atoms with E-state index in [1.165, 1.54) is 24.2 Å². The molecule has 21 heavy (non-hydrogen) atoms. The number of rotatable bonds is 4. The van der Waals surface area contributed by atoms with Crippen molar-refractivity contribution in [2.45, 2.75) is 57.5 Å². The largest absolute Gasteiger partial charge is 0.480 e. The van der Waals surface area contributed by atoms with Crippen LogP contribution in [0.5, 0.6) is 0 Å². The Morgan fingerprint density at radius 2 is 2.05 bits per heavy atom. The number of urea groups is 1. The number of nitrogens with zero attached hydrogens (tertiary/aromatic N) is 1. The van der Waals surface area contributed by atoms with Gasteiger partial charge in [-0.3, -0.25) is 0 Å². The summed E-state index contributed by atoms with van der Waals surface area (Å²) in [6.07, 6.45) is 6.94. The minimum absolute atomic E-state index is 0.0724. The molecule has 0 spiro atoms. The maximum atomic E-state index is 12.4. The zero-order valence-electron chi connectivity index (χ0n) is 12.7. The molecule has 1 saturated heterocycles. The van der Waals surface area contributed by atoms with Gasteiger partial charge in [0, 0.05) is 12.6 Å². The van der Waals surface area contributed by atoms with Crippen LogP contribution < -0.4 is 5.32 Å². The van der Waals surface area contributed by atoms with Crippen LogP contribution >= 0.6 is 0 Å². The van der Waals surface area contributed by atoms with Crippen molar-refractivity contribution in [3.63, 3.8) is 0 Å². The van der Waals surface area contributed by atoms with Gasteiger partial charge in [-0.15, -0.1) is 0 Å². The second kappa shape index (κ2) is 7.64. The molecule has 2 fully saturated rings. The Balaban J connectivity index is 1.95. The van der Waals surface area contributed by atoms with E-state index in [9.17, 15) is 14.7 Å². The highest BCUT2D eigenvalue weighted by Gasteiger charge is 2.34. The summed E-state index contributed by atoms with van der Waals surface area (Å²) in [4.78, 5) is 25.0. The summed E-state index contributed by atoms with van der Waals surface area (Å²) >= 11 is 0. The summed E-state index contributed by atoms with van der Waals surface area (Å²) in [5.41, 5.74) is 0. The third-order valence-electron chi connectivity index (χ3n) is 4.64. The van der Waals surface area contributed by atoms with Crippen LogP contribution in [0.2, 0.25) is 0 Å². The van der Waals surface area contributed by atoms with Gasteiger partial charge in [0.2, 0.25) is 0 Å². The molecule has 120 valence electrons. The average Bonchev–Trinajstić information content (AvgIpc) is 2.53. The second-order valence-electron chi connectivity index (χ2n) is 5.98. The molecule has 6 heteroatoms. The Bertz CT molecular complexity index is 369. The monoisotopic (exact) mass is 298 g/mol. The lowest BCUT2D eigenvalue weighted by atomic mass is 9.83. The van der Waals surface area contributed by atoms with Gasteiger partial charge in [0.1, 0.15) is 0 Å². The van der Waals surface area contributed by atoms with Crippen LogP contribution in [-0.2, 0) is 9.53 Å². The molecule has 1 aliphatic carbocycles. The van der Waals surface area contributed by atoms with Gasteiger partial charge in [-0.05, 0) is 25.2 Å². The van der Waals surface area contributed by atoms with Crippen molar-refractivity contribution in [3.8, 4) is 0 Å². The van der Waals surface area contributed by atoms with Gasteiger partial charge >= 0.3 is 12.0 Å². The number of nitrogens with one attached hydrogen (secondary N) is 1. The minimum atomic E-state index is -1.00. The van der Waals surface area contributed by atoms with Crippen LogP contribution in [0.4, 0.5) is 4.79 Å². The highest BCUT2D eigenvalue weighted by Crippen LogP contribution is 2.27. The highest BCUT2D eigenvalue weighted by atomic mass is 16.5. The molecular weight excluding hydrogens is 272 g/mol. The van der Waals surface area contributed by atoms with Gasteiger partial charge in [0.25, 0.3) is 0 Å². The van der Waals surface area contributed by atoms with Crippen molar-refractivity contribution in [3.05, 3.63) is 0 Å². The van der Waals surface area contributed by atoms with Crippen LogP contribution in [0.3, 0.4) is 0 Å². The van der Waals surface area contributed by atoms with Crippen LogP contribution in [0.25, 0.3) is 0 Å². The van der Waals surface area contributed by atoms with Crippen molar-refractivity contribution >= 4 is 12.0 Å². The number of carbonyl (C=O) groups is 2. The first-order valence-corrected chi connectivity index (χ1v) is 8.01. The van der Waals surface area contributed by atoms with Gasteiger partial charge in [-0.1, -0.05) is 26.2 Å². The first-order chi connectivity index (χ1) is 10.1. The molecule has 1 aliphatic heterocycles. The predicted molar refractivity (Wildman–Crippen MR) is 78.1 cm³/mol. The number of carboxylic acid groups (broad SMARTS) is 1. The summed E-state index contributed by atoms with van der Waals surface area (Å²) in [5.74, 6) is -0.479. The molecule has 0 radical (unpaired) electrons. The zero-order chi connectivity index (χ0) is 15.2. The van der Waals surface area contributed by atoms with Gasteiger partial charge in [0.05, 0.1) is 13.2 Å². The highest BCUT2D eigenvalue weighted by molar-refractivity contribution is 5.83. The standard InChI is InChI=1S/C15H26N2O4/c1-2-12(11-6-4-3-5-7-11)16-15(20)17-8-9-21-10-13(17)14(18)19/h11-13H,2-10H2,1H3,(H,16,20)(H,18,19). The first-order valence-electron chi connectivity index (χ1n) is 8.01. The third kappa shape index (κ3) is 4.09. The number of hydrogen-bond acceptors (Lipinski definition) is 3. The van der Waals surface area contributed by atoms with Crippen LogP contribution in [0.1, 0.15) is 45.4 Å². The van der Waals surface area contributed by atoms with Crippen LogP contribution in [0, 0.1) is 5.92 Å². The Kier molecular flexibility index (Phi) is 5.85. The first kappa shape index (κ1) is 16.1. The Labute approximate surface area is 125 Å². The lowest BCUT2D eigenvalue weighted by molar-refractivity contribution is -0.147. The number of amides is 2. The van der Waals surface area contributed by atoms with Crippen molar-refractivity contribution in [2.75, 3.05) is 19.8 Å². The lowest BCUT2D eigenvalue weighted by Gasteiger charge is -2.36. The van der Waals surface area contributed by atoms with E-state index in [1.54, 1.807) is 0 Å². The predicted octanol–water partition coefficient (Wildman–Crippen LogP) is 1.84. The third-order valence-corrected chi connectivity index (χ3v) is 4.64. The summed E-state index contributed by atoms with van der Waals surface area (Å²) in [5, 5.41) is 12.3. The number of carboxylic acids is 1. The second-order valence-corrected chi connectivity index (χ2v) is 5.98. The van der Waals surface area contributed by atoms with Crippen molar-refractivity contribution < 1.29 is 19.4 Å². The smallest absolute Gasteiger partial charge is 0.328 e. The molecule has 0 bridgehead atoms. The van der Waals surface area contributed by atoms with E-state index in [2.05, 4.69) is 12.2 Å². The number of carbonyl (C=O) groups excluding carboxylic acids is 1. The number of morpholine rings is 1. The van der Waals surface area contributed by atoms with Crippen LogP contribution in [-0.4, -0.2) is 53.8 Å². The molecule has 2 amide bonds. The quantitative estimate of drug-likeness (QED) is 0.830. The molecule has 2 unspecified atom stereocenters. The number of ether oxygens (including phenoxy) is 1. The molecule has 2 N–H and O–H groups in total. The molecule has 2 atom stereocenters. The summed E-state index contributed by atoms with van der Waals surface area (Å²) in [6, 6.07) is -0.985. The summed E-state index contributed by atoms with van der Waals surface area (Å²) in [7, 11) is 0. The van der Waals surface area contributed by atoms with E-state index in [1.807, 2.05) is 0 Å². The van der Waals surface area contributed by atoms with E-state index >= 15 is 0 Å². The Morgan fingerprint density at radius 1 is 1.33 bits per heavy atom. The van der Waals surface area contributed by atoms with Crippen molar-refractivity contribution in [1.82, 2.24) is 10.2 Å². The van der Waals surface area contributed by atoms with Gasteiger partial charge < -0.3 is 20.1 Å². The van der Waals surface area contributed by atoms with Gasteiger partial charge in [0.15, 0.2) is 6.04 Å². The van der Waals surface area contributed by atoms with Crippen molar-refractivity contribution in [1.29, 1.82) is 0 Å². The van der Waals surface area contributed by atoms with Gasteiger partial charge in [-0.2, -0.15) is 0 Å². The Hall–Kier alpha value is -1.30. The molecule has 6 nitrogen and oxygen atoms in total. The fourth-order valence-electron chi connectivity index (χ4n) is 3.38. The normalized spacial score (nSPS) is 25.4. The molecule has 2 rings (SSSR count). The lowest BCUT2D eigenvalue weighted by Crippen LogP contribution is -2.57. The molecule has 1 heterocycles. The number of hydrogen-bond donors (Lipinski definition) is 2. The number of aliphatic carboxylic acids is 1. The molecule has 1 saturated carbocycles. The van der Waals surface area contributed by atoms with E-state index in [4.69, 9.17) is 4.74 Å². The zero-order valence-corrected chi connectivity index (χ0v) is 12.7. The maximum absolute atomic E-state index is 12.4. The fourth-order valence-corrected chi connectivity index (χ4v) is 3.38. The van der Waals surface area contributed by atoms with Crippen LogP contribution in [0.15, 0.2) is 0 Å². The molecule has 2 aliphatic rings. The summed E-state index contributed by atoms with van der Waals surface area (Å²) in [6.45, 7) is 2.89. The fraction of sp³-hybridized carbons (Fsp3) is 0.867. The minimum Gasteiger partial charge on any atom is -0.480 e. The van der Waals surface area contributed by atoms with Gasteiger partial charge in [-0.25, -0.2) is 9.59 Å². The maximum Gasteiger partial charge on any atom is 0.328 e. The molecule has 0 aromatic rings. The molecule has 0 aromatic heterocycles. The Morgan fingerprint density at radius 3 is 2.67 bits per heavy atom. The topological polar surface area (TPSA) is 78.9 Å². The summed E-state index contributed by atoms with van der Waals surface area (Å²) < 4.78 is 5.17. The van der Waals surface area contributed by atoms with E-state index in [0.717, 1.165) is 19.3 Å².